The lowest BCUT2D eigenvalue weighted by Crippen LogP contribution is -2.13. The molecule has 0 amide bonds. The van der Waals surface area contributed by atoms with Crippen LogP contribution in [0.5, 0.6) is 0 Å². The number of nitro groups is 1. The minimum Gasteiger partial charge on any atom is -0.465 e. The van der Waals surface area contributed by atoms with Crippen LogP contribution in [0.2, 0.25) is 0 Å². The van der Waals surface area contributed by atoms with E-state index in [9.17, 15) is 23.3 Å². The van der Waals surface area contributed by atoms with Crippen LogP contribution in [0.4, 0.5) is 11.4 Å². The number of carbonyl (C=O) groups is 1. The molecule has 0 spiro atoms. The largest absolute Gasteiger partial charge is 0.465 e. The predicted molar refractivity (Wildman–Crippen MR) is 67.6 cm³/mol. The Morgan fingerprint density at radius 3 is 2.42 bits per heavy atom. The Hall–Kier alpha value is -2.16. The lowest BCUT2D eigenvalue weighted by molar-refractivity contribution is -0.385. The van der Waals surface area contributed by atoms with Crippen LogP contribution >= 0.6 is 0 Å². The molecule has 9 heteroatoms. The highest BCUT2D eigenvalue weighted by Gasteiger charge is 2.26. The van der Waals surface area contributed by atoms with Crippen molar-refractivity contribution >= 4 is 27.4 Å². The van der Waals surface area contributed by atoms with Gasteiger partial charge in [0.05, 0.1) is 29.5 Å². The van der Waals surface area contributed by atoms with Gasteiger partial charge in [-0.05, 0) is 19.1 Å². The number of esters is 1. The van der Waals surface area contributed by atoms with Crippen LogP contribution in [0.25, 0.3) is 0 Å². The maximum absolute atomic E-state index is 11.4. The van der Waals surface area contributed by atoms with Gasteiger partial charge in [0.15, 0.2) is 0 Å². The van der Waals surface area contributed by atoms with Crippen molar-refractivity contribution in [1.29, 1.82) is 0 Å². The fourth-order valence-corrected chi connectivity index (χ4v) is 2.14. The SMILES string of the molecule is COC(=O)c1ccc(NS(C)(=O)=O)c(C)c1[N+](=O)[O-]. The molecule has 1 N–H and O–H groups in total. The van der Waals surface area contributed by atoms with E-state index >= 15 is 0 Å². The molecule has 0 saturated carbocycles. The van der Waals surface area contributed by atoms with Gasteiger partial charge in [0.2, 0.25) is 10.0 Å². The van der Waals surface area contributed by atoms with E-state index in [-0.39, 0.29) is 16.8 Å². The third-order valence-electron chi connectivity index (χ3n) is 2.31. The second kappa shape index (κ2) is 5.22. The summed E-state index contributed by atoms with van der Waals surface area (Å²) in [7, 11) is -2.47. The number of methoxy groups -OCH3 is 1. The van der Waals surface area contributed by atoms with Crippen molar-refractivity contribution in [2.45, 2.75) is 6.92 Å². The molecule has 0 atom stereocenters. The molecule has 1 aromatic carbocycles. The van der Waals surface area contributed by atoms with Gasteiger partial charge in [-0.25, -0.2) is 13.2 Å². The summed E-state index contributed by atoms with van der Waals surface area (Å²) in [5.41, 5.74) is -0.635. The number of nitrogens with zero attached hydrogens (tertiary/aromatic N) is 1. The van der Waals surface area contributed by atoms with Gasteiger partial charge < -0.3 is 4.74 Å². The molecule has 0 aliphatic carbocycles. The van der Waals surface area contributed by atoms with Crippen molar-refractivity contribution < 1.29 is 22.9 Å². The number of carbonyl (C=O) groups excluding carboxylic acids is 1. The summed E-state index contributed by atoms with van der Waals surface area (Å²) < 4.78 is 28.9. The fourth-order valence-electron chi connectivity index (χ4n) is 1.52. The number of benzene rings is 1. The van der Waals surface area contributed by atoms with E-state index in [1.807, 2.05) is 0 Å². The highest BCUT2D eigenvalue weighted by atomic mass is 32.2. The van der Waals surface area contributed by atoms with E-state index in [4.69, 9.17) is 0 Å². The molecule has 0 unspecified atom stereocenters. The Labute approximate surface area is 109 Å². The number of nitrogens with one attached hydrogen (secondary N) is 1. The Balaban J connectivity index is 3.48. The van der Waals surface area contributed by atoms with Gasteiger partial charge >= 0.3 is 5.97 Å². The zero-order chi connectivity index (χ0) is 14.8. The molecule has 8 nitrogen and oxygen atoms in total. The number of anilines is 1. The summed E-state index contributed by atoms with van der Waals surface area (Å²) in [6.45, 7) is 1.35. The monoisotopic (exact) mass is 288 g/mol. The van der Waals surface area contributed by atoms with Gasteiger partial charge in [0.1, 0.15) is 5.56 Å². The van der Waals surface area contributed by atoms with Crippen molar-refractivity contribution in [3.8, 4) is 0 Å². The van der Waals surface area contributed by atoms with Gasteiger partial charge in [-0.15, -0.1) is 0 Å². The number of hydrogen-bond donors (Lipinski definition) is 1. The first kappa shape index (κ1) is 14.9. The number of hydrogen-bond acceptors (Lipinski definition) is 6. The quantitative estimate of drug-likeness (QED) is 0.503. The van der Waals surface area contributed by atoms with E-state index in [1.165, 1.54) is 13.0 Å². The van der Waals surface area contributed by atoms with E-state index in [2.05, 4.69) is 9.46 Å². The lowest BCUT2D eigenvalue weighted by atomic mass is 10.1. The van der Waals surface area contributed by atoms with Crippen LogP contribution in [0.15, 0.2) is 12.1 Å². The Kier molecular flexibility index (Phi) is 4.10. The van der Waals surface area contributed by atoms with Crippen LogP contribution in [-0.4, -0.2) is 32.7 Å². The van der Waals surface area contributed by atoms with Gasteiger partial charge in [-0.1, -0.05) is 0 Å². The first-order valence-corrected chi connectivity index (χ1v) is 6.90. The van der Waals surface area contributed by atoms with E-state index in [1.54, 1.807) is 0 Å². The number of nitro benzene ring substituents is 1. The Morgan fingerprint density at radius 1 is 1.42 bits per heavy atom. The maximum Gasteiger partial charge on any atom is 0.344 e. The first-order chi connectivity index (χ1) is 8.67. The minimum atomic E-state index is -3.57. The van der Waals surface area contributed by atoms with Gasteiger partial charge in [-0.2, -0.15) is 0 Å². The van der Waals surface area contributed by atoms with Gasteiger partial charge in [0.25, 0.3) is 5.69 Å². The molecule has 0 fully saturated rings. The normalized spacial score (nSPS) is 10.9. The zero-order valence-corrected chi connectivity index (χ0v) is 11.3. The lowest BCUT2D eigenvalue weighted by Gasteiger charge is -2.10. The molecule has 0 aliphatic rings. The van der Waals surface area contributed by atoms with Crippen LogP contribution in [0.3, 0.4) is 0 Å². The van der Waals surface area contributed by atoms with Gasteiger partial charge in [-0.3, -0.25) is 14.8 Å². The molecule has 1 aromatic rings. The van der Waals surface area contributed by atoms with Crippen molar-refractivity contribution in [1.82, 2.24) is 0 Å². The second-order valence-corrected chi connectivity index (χ2v) is 5.51. The molecule has 0 aromatic heterocycles. The van der Waals surface area contributed by atoms with Crippen LogP contribution < -0.4 is 4.72 Å². The number of sulfonamides is 1. The molecule has 0 saturated heterocycles. The Bertz CT molecular complexity index is 638. The van der Waals surface area contributed by atoms with Crippen molar-refractivity contribution in [2.24, 2.45) is 0 Å². The molecular formula is C10H12N2O6S. The van der Waals surface area contributed by atoms with Crippen molar-refractivity contribution in [2.75, 3.05) is 18.1 Å². The summed E-state index contributed by atoms with van der Waals surface area (Å²) >= 11 is 0. The standard InChI is InChI=1S/C10H12N2O6S/c1-6-8(11-19(3,16)17)5-4-7(10(13)18-2)9(6)12(14)15/h4-5,11H,1-3H3. The molecule has 0 heterocycles. The topological polar surface area (TPSA) is 116 Å². The molecule has 0 bridgehead atoms. The smallest absolute Gasteiger partial charge is 0.344 e. The zero-order valence-electron chi connectivity index (χ0n) is 10.5. The summed E-state index contributed by atoms with van der Waals surface area (Å²) in [6.07, 6.45) is 0.923. The predicted octanol–water partition coefficient (Wildman–Crippen LogP) is 1.06. The average molecular weight is 288 g/mol. The highest BCUT2D eigenvalue weighted by Crippen LogP contribution is 2.30. The third kappa shape index (κ3) is 3.41. The molecular weight excluding hydrogens is 276 g/mol. The highest BCUT2D eigenvalue weighted by molar-refractivity contribution is 7.92. The maximum atomic E-state index is 11.4. The molecule has 104 valence electrons. The molecule has 19 heavy (non-hydrogen) atoms. The summed E-state index contributed by atoms with van der Waals surface area (Å²) in [5.74, 6) is -0.860. The Morgan fingerprint density at radius 2 is 2.00 bits per heavy atom. The summed E-state index contributed by atoms with van der Waals surface area (Å²) in [5, 5.41) is 11.0. The number of ether oxygens (including phenoxy) is 1. The van der Waals surface area contributed by atoms with Gasteiger partial charge in [0, 0.05) is 0 Å². The first-order valence-electron chi connectivity index (χ1n) is 5.01. The van der Waals surface area contributed by atoms with Crippen LogP contribution in [-0.2, 0) is 14.8 Å². The third-order valence-corrected chi connectivity index (χ3v) is 2.90. The average Bonchev–Trinajstić information content (AvgIpc) is 2.28. The summed E-state index contributed by atoms with van der Waals surface area (Å²) in [6, 6.07) is 2.42. The fraction of sp³-hybridized carbons (Fsp3) is 0.300. The van der Waals surface area contributed by atoms with E-state index < -0.39 is 26.6 Å². The molecule has 0 radical (unpaired) electrons. The second-order valence-electron chi connectivity index (χ2n) is 3.76. The van der Waals surface area contributed by atoms with Crippen molar-refractivity contribution in [3.05, 3.63) is 33.4 Å². The number of rotatable bonds is 4. The molecule has 1 rings (SSSR count). The summed E-state index contributed by atoms with van der Waals surface area (Å²) in [4.78, 5) is 21.7. The van der Waals surface area contributed by atoms with Crippen LogP contribution in [0.1, 0.15) is 15.9 Å². The van der Waals surface area contributed by atoms with E-state index in [0.717, 1.165) is 19.4 Å². The van der Waals surface area contributed by atoms with Crippen LogP contribution in [0, 0.1) is 17.0 Å². The minimum absolute atomic E-state index is 0.0401. The van der Waals surface area contributed by atoms with E-state index in [0.29, 0.717) is 0 Å². The van der Waals surface area contributed by atoms with Crippen molar-refractivity contribution in [3.63, 3.8) is 0 Å². The molecule has 0 aliphatic heterocycles.